The number of hydrogen-bond acceptors (Lipinski definition) is 3. The predicted octanol–water partition coefficient (Wildman–Crippen LogP) is 6.17. The Morgan fingerprint density at radius 3 is 2.17 bits per heavy atom. The number of hydrogen-bond donors (Lipinski definition) is 1. The Morgan fingerprint density at radius 2 is 1.56 bits per heavy atom. The average molecular weight is 526 g/mol. The molecule has 188 valence electrons. The molecule has 3 amide bonds. The van der Waals surface area contributed by atoms with E-state index in [2.05, 4.69) is 5.32 Å². The molecule has 8 heteroatoms. The molecule has 0 saturated heterocycles. The van der Waals surface area contributed by atoms with Crippen LogP contribution in [0.15, 0.2) is 72.8 Å². The van der Waals surface area contributed by atoms with Crippen molar-refractivity contribution in [1.29, 1.82) is 0 Å². The third kappa shape index (κ3) is 6.65. The minimum atomic E-state index is -0.782. The molecule has 0 aromatic heterocycles. The molecule has 0 aliphatic rings. The maximum atomic E-state index is 13.6. The van der Waals surface area contributed by atoms with Crippen LogP contribution in [0.25, 0.3) is 0 Å². The standard InChI is InChI=1S/C28H29Cl2N3O3/c1-19(2)33(26-12-8-7-11-25(26)32(18-34)23-9-5-4-6-10-23)28(36)20(3)31-27(35)16-14-21-13-15-22(29)17-24(21)30/h4-13,15,17-20H,14,16H2,1-3H3,(H,31,35). The van der Waals surface area contributed by atoms with Crippen LogP contribution in [0.1, 0.15) is 32.8 Å². The number of para-hydroxylation sites is 3. The van der Waals surface area contributed by atoms with Crippen molar-refractivity contribution in [2.75, 3.05) is 9.80 Å². The zero-order valence-electron chi connectivity index (χ0n) is 20.4. The molecule has 36 heavy (non-hydrogen) atoms. The van der Waals surface area contributed by atoms with Crippen molar-refractivity contribution < 1.29 is 14.4 Å². The number of carbonyl (C=O) groups excluding carboxylic acids is 3. The molecule has 0 spiro atoms. The van der Waals surface area contributed by atoms with E-state index in [4.69, 9.17) is 23.2 Å². The monoisotopic (exact) mass is 525 g/mol. The predicted molar refractivity (Wildman–Crippen MR) is 146 cm³/mol. The summed E-state index contributed by atoms with van der Waals surface area (Å²) in [6.07, 6.45) is 1.32. The van der Waals surface area contributed by atoms with E-state index in [9.17, 15) is 14.4 Å². The van der Waals surface area contributed by atoms with Gasteiger partial charge in [0.05, 0.1) is 11.4 Å². The molecular weight excluding hydrogens is 497 g/mol. The van der Waals surface area contributed by atoms with Gasteiger partial charge in [-0.3, -0.25) is 19.3 Å². The zero-order chi connectivity index (χ0) is 26.2. The van der Waals surface area contributed by atoms with Crippen molar-refractivity contribution in [3.63, 3.8) is 0 Å². The molecular formula is C28H29Cl2N3O3. The number of anilines is 3. The Hall–Kier alpha value is -3.35. The van der Waals surface area contributed by atoms with Gasteiger partial charge in [0.25, 0.3) is 0 Å². The molecule has 0 aliphatic heterocycles. The SMILES string of the molecule is CC(NC(=O)CCc1ccc(Cl)cc1Cl)C(=O)N(c1ccccc1N(C=O)c1ccccc1)C(C)C. The van der Waals surface area contributed by atoms with Gasteiger partial charge in [-0.05, 0) is 69.2 Å². The Morgan fingerprint density at radius 1 is 0.917 bits per heavy atom. The maximum Gasteiger partial charge on any atom is 0.249 e. The smallest absolute Gasteiger partial charge is 0.249 e. The summed E-state index contributed by atoms with van der Waals surface area (Å²) in [5, 5.41) is 3.83. The first kappa shape index (κ1) is 27.2. The third-order valence-corrected chi connectivity index (χ3v) is 6.27. The second-order valence-electron chi connectivity index (χ2n) is 8.63. The lowest BCUT2D eigenvalue weighted by Gasteiger charge is -2.33. The van der Waals surface area contributed by atoms with Crippen molar-refractivity contribution >= 4 is 58.5 Å². The highest BCUT2D eigenvalue weighted by molar-refractivity contribution is 6.35. The molecule has 0 saturated carbocycles. The van der Waals surface area contributed by atoms with Crippen LogP contribution >= 0.6 is 23.2 Å². The number of halogens is 2. The lowest BCUT2D eigenvalue weighted by molar-refractivity contribution is -0.127. The molecule has 0 heterocycles. The van der Waals surface area contributed by atoms with E-state index in [0.717, 1.165) is 12.0 Å². The molecule has 0 radical (unpaired) electrons. The first-order valence-corrected chi connectivity index (χ1v) is 12.4. The van der Waals surface area contributed by atoms with E-state index in [-0.39, 0.29) is 24.3 Å². The number of carbonyl (C=O) groups is 3. The first-order chi connectivity index (χ1) is 17.2. The molecule has 3 rings (SSSR count). The summed E-state index contributed by atoms with van der Waals surface area (Å²) in [6, 6.07) is 20.6. The number of benzene rings is 3. The summed E-state index contributed by atoms with van der Waals surface area (Å²) in [7, 11) is 0. The minimum Gasteiger partial charge on any atom is -0.345 e. The highest BCUT2D eigenvalue weighted by Gasteiger charge is 2.28. The quantitative estimate of drug-likeness (QED) is 0.322. The summed E-state index contributed by atoms with van der Waals surface area (Å²) < 4.78 is 0. The fraction of sp³-hybridized carbons (Fsp3) is 0.250. The van der Waals surface area contributed by atoms with Crippen LogP contribution in [0.3, 0.4) is 0 Å². The van der Waals surface area contributed by atoms with Crippen LogP contribution in [-0.2, 0) is 20.8 Å². The van der Waals surface area contributed by atoms with Crippen LogP contribution < -0.4 is 15.1 Å². The molecule has 0 aliphatic carbocycles. The van der Waals surface area contributed by atoms with Gasteiger partial charge in [0.2, 0.25) is 18.2 Å². The van der Waals surface area contributed by atoms with E-state index >= 15 is 0 Å². The van der Waals surface area contributed by atoms with E-state index in [1.54, 1.807) is 42.2 Å². The summed E-state index contributed by atoms with van der Waals surface area (Å²) in [5.74, 6) is -0.549. The Kier molecular flexibility index (Phi) is 9.51. The van der Waals surface area contributed by atoms with Crippen molar-refractivity contribution in [3.8, 4) is 0 Å². The average Bonchev–Trinajstić information content (AvgIpc) is 2.85. The van der Waals surface area contributed by atoms with Crippen LogP contribution in [0.4, 0.5) is 17.1 Å². The summed E-state index contributed by atoms with van der Waals surface area (Å²) in [6.45, 7) is 5.43. The number of rotatable bonds is 10. The molecule has 1 unspecified atom stereocenters. The molecule has 0 fully saturated rings. The number of nitrogens with one attached hydrogen (secondary N) is 1. The van der Waals surface area contributed by atoms with Gasteiger partial charge in [-0.25, -0.2) is 0 Å². The second kappa shape index (κ2) is 12.6. The van der Waals surface area contributed by atoms with Gasteiger partial charge in [0.1, 0.15) is 6.04 Å². The second-order valence-corrected chi connectivity index (χ2v) is 9.47. The molecule has 0 bridgehead atoms. The molecule has 1 N–H and O–H groups in total. The van der Waals surface area contributed by atoms with Gasteiger partial charge < -0.3 is 10.2 Å². The van der Waals surface area contributed by atoms with Crippen LogP contribution in [0.5, 0.6) is 0 Å². The number of amides is 3. The van der Waals surface area contributed by atoms with Gasteiger partial charge >= 0.3 is 0 Å². The lowest BCUT2D eigenvalue weighted by Crippen LogP contribution is -2.50. The van der Waals surface area contributed by atoms with E-state index in [1.807, 2.05) is 56.3 Å². The normalized spacial score (nSPS) is 11.6. The molecule has 1 atom stereocenters. The van der Waals surface area contributed by atoms with Crippen molar-refractivity contribution in [1.82, 2.24) is 5.32 Å². The van der Waals surface area contributed by atoms with Gasteiger partial charge in [-0.1, -0.05) is 59.6 Å². The summed E-state index contributed by atoms with van der Waals surface area (Å²) in [5.41, 5.74) is 2.63. The number of nitrogens with zero attached hydrogens (tertiary/aromatic N) is 2. The van der Waals surface area contributed by atoms with Crippen molar-refractivity contribution in [2.24, 2.45) is 0 Å². The number of aryl methyl sites for hydroxylation is 1. The minimum absolute atomic E-state index is 0.171. The zero-order valence-corrected chi connectivity index (χ0v) is 22.0. The molecule has 3 aromatic rings. The van der Waals surface area contributed by atoms with E-state index in [0.29, 0.717) is 33.5 Å². The Bertz CT molecular complexity index is 1220. The lowest BCUT2D eigenvalue weighted by atomic mass is 10.1. The van der Waals surface area contributed by atoms with Gasteiger partial charge in [0, 0.05) is 28.2 Å². The highest BCUT2D eigenvalue weighted by atomic mass is 35.5. The summed E-state index contributed by atoms with van der Waals surface area (Å²) >= 11 is 12.1. The third-order valence-electron chi connectivity index (χ3n) is 5.68. The van der Waals surface area contributed by atoms with Gasteiger partial charge in [-0.15, -0.1) is 0 Å². The van der Waals surface area contributed by atoms with E-state index < -0.39 is 6.04 Å². The Labute approximate surface area is 221 Å². The van der Waals surface area contributed by atoms with Crippen LogP contribution in [0, 0.1) is 0 Å². The Balaban J connectivity index is 1.78. The van der Waals surface area contributed by atoms with Gasteiger partial charge in [0.15, 0.2) is 0 Å². The largest absolute Gasteiger partial charge is 0.345 e. The molecule has 3 aromatic carbocycles. The molecule has 6 nitrogen and oxygen atoms in total. The fourth-order valence-corrected chi connectivity index (χ4v) is 4.43. The van der Waals surface area contributed by atoms with Crippen LogP contribution in [0.2, 0.25) is 10.0 Å². The van der Waals surface area contributed by atoms with Gasteiger partial charge in [-0.2, -0.15) is 0 Å². The first-order valence-electron chi connectivity index (χ1n) is 11.7. The maximum absolute atomic E-state index is 13.6. The van der Waals surface area contributed by atoms with E-state index in [1.165, 1.54) is 4.90 Å². The van der Waals surface area contributed by atoms with Crippen molar-refractivity contribution in [3.05, 3.63) is 88.4 Å². The fourth-order valence-electron chi connectivity index (χ4n) is 3.92. The highest BCUT2D eigenvalue weighted by Crippen LogP contribution is 2.34. The topological polar surface area (TPSA) is 69.7 Å². The van der Waals surface area contributed by atoms with Crippen LogP contribution in [-0.4, -0.2) is 30.3 Å². The summed E-state index contributed by atoms with van der Waals surface area (Å²) in [4.78, 5) is 41.4. The van der Waals surface area contributed by atoms with Crippen molar-refractivity contribution in [2.45, 2.75) is 45.7 Å².